The van der Waals surface area contributed by atoms with Crippen LogP contribution in [-0.4, -0.2) is 11.2 Å². The molecule has 0 aliphatic carbocycles. The zero-order valence-corrected chi connectivity index (χ0v) is 13.0. The normalized spacial score (nSPS) is 12.4. The molecule has 3 aromatic carbocycles. The highest BCUT2D eigenvalue weighted by molar-refractivity contribution is 5.64. The van der Waals surface area contributed by atoms with Crippen LogP contribution in [0.15, 0.2) is 91.0 Å². The quantitative estimate of drug-likeness (QED) is 0.705. The van der Waals surface area contributed by atoms with E-state index in [-0.39, 0.29) is 0 Å². The van der Waals surface area contributed by atoms with Crippen molar-refractivity contribution >= 4 is 6.08 Å². The van der Waals surface area contributed by atoms with E-state index in [2.05, 4.69) is 30.3 Å². The molecule has 3 rings (SSSR count). The summed E-state index contributed by atoms with van der Waals surface area (Å²) in [6.07, 6.45) is 3.95. The highest BCUT2D eigenvalue weighted by atomic mass is 16.3. The van der Waals surface area contributed by atoms with Crippen LogP contribution in [0.4, 0.5) is 0 Å². The Hall–Kier alpha value is -2.64. The molecule has 0 fully saturated rings. The maximum atomic E-state index is 10.2. The highest BCUT2D eigenvalue weighted by Crippen LogP contribution is 2.20. The lowest BCUT2D eigenvalue weighted by molar-refractivity contribution is 0.225. The lowest BCUT2D eigenvalue weighted by atomic mass is 10.00. The molecule has 23 heavy (non-hydrogen) atoms. The van der Waals surface area contributed by atoms with Crippen LogP contribution >= 0.6 is 0 Å². The van der Waals surface area contributed by atoms with E-state index in [4.69, 9.17) is 0 Å². The maximum Gasteiger partial charge on any atom is 0.0764 e. The standard InChI is InChI=1S/C22H20O/c23-22(15-14-18-8-3-1-4-9-18)17-19-10-7-13-21(16-19)20-11-5-2-6-12-20/h1-16,22-23H,17H2/b15-14+. The first-order chi connectivity index (χ1) is 11.3. The van der Waals surface area contributed by atoms with Gasteiger partial charge < -0.3 is 5.11 Å². The molecule has 0 saturated carbocycles. The Bertz CT molecular complexity index is 760. The molecule has 1 N–H and O–H groups in total. The molecular formula is C22H20O. The van der Waals surface area contributed by atoms with Gasteiger partial charge in [0.25, 0.3) is 0 Å². The van der Waals surface area contributed by atoms with E-state index in [1.807, 2.05) is 66.7 Å². The zero-order valence-electron chi connectivity index (χ0n) is 13.0. The Morgan fingerprint density at radius 3 is 2.13 bits per heavy atom. The summed E-state index contributed by atoms with van der Waals surface area (Å²) >= 11 is 0. The van der Waals surface area contributed by atoms with Gasteiger partial charge in [-0.1, -0.05) is 97.1 Å². The molecule has 0 aromatic heterocycles. The molecular weight excluding hydrogens is 280 g/mol. The van der Waals surface area contributed by atoms with E-state index in [0.29, 0.717) is 6.42 Å². The van der Waals surface area contributed by atoms with Gasteiger partial charge in [0.05, 0.1) is 6.10 Å². The van der Waals surface area contributed by atoms with Gasteiger partial charge in [0.15, 0.2) is 0 Å². The van der Waals surface area contributed by atoms with Crippen molar-refractivity contribution in [3.63, 3.8) is 0 Å². The van der Waals surface area contributed by atoms with Crippen LogP contribution in [0, 0.1) is 0 Å². The van der Waals surface area contributed by atoms with E-state index in [1.54, 1.807) is 0 Å². The van der Waals surface area contributed by atoms with Gasteiger partial charge in [-0.15, -0.1) is 0 Å². The molecule has 0 heterocycles. The van der Waals surface area contributed by atoms with Crippen molar-refractivity contribution in [1.29, 1.82) is 0 Å². The molecule has 1 atom stereocenters. The van der Waals surface area contributed by atoms with Crippen LogP contribution in [0.2, 0.25) is 0 Å². The second-order valence-corrected chi connectivity index (χ2v) is 5.61. The fourth-order valence-corrected chi connectivity index (χ4v) is 2.60. The molecule has 1 nitrogen and oxygen atoms in total. The van der Waals surface area contributed by atoms with Crippen LogP contribution in [0.3, 0.4) is 0 Å². The molecule has 1 unspecified atom stereocenters. The summed E-state index contributed by atoms with van der Waals surface area (Å²) in [5.41, 5.74) is 4.62. The van der Waals surface area contributed by atoms with E-state index >= 15 is 0 Å². The fraction of sp³-hybridized carbons (Fsp3) is 0.0909. The molecule has 0 bridgehead atoms. The predicted molar refractivity (Wildman–Crippen MR) is 97.1 cm³/mol. The minimum absolute atomic E-state index is 0.485. The van der Waals surface area contributed by atoms with Crippen molar-refractivity contribution < 1.29 is 5.11 Å². The first-order valence-corrected chi connectivity index (χ1v) is 7.87. The van der Waals surface area contributed by atoms with E-state index < -0.39 is 6.10 Å². The number of aliphatic hydroxyl groups excluding tert-OH is 1. The van der Waals surface area contributed by atoms with Gasteiger partial charge in [-0.2, -0.15) is 0 Å². The third-order valence-electron chi connectivity index (χ3n) is 3.79. The molecule has 1 heteroatoms. The van der Waals surface area contributed by atoms with Crippen molar-refractivity contribution in [1.82, 2.24) is 0 Å². The highest BCUT2D eigenvalue weighted by Gasteiger charge is 2.04. The van der Waals surface area contributed by atoms with Gasteiger partial charge in [-0.25, -0.2) is 0 Å². The summed E-state index contributed by atoms with van der Waals surface area (Å²) in [5, 5.41) is 10.2. The topological polar surface area (TPSA) is 20.2 Å². The van der Waals surface area contributed by atoms with Crippen LogP contribution in [-0.2, 0) is 6.42 Å². The Balaban J connectivity index is 1.69. The van der Waals surface area contributed by atoms with E-state index in [9.17, 15) is 5.11 Å². The summed E-state index contributed by atoms with van der Waals surface area (Å²) in [7, 11) is 0. The predicted octanol–water partition coefficient (Wildman–Crippen LogP) is 4.97. The number of benzene rings is 3. The number of hydrogen-bond acceptors (Lipinski definition) is 1. The largest absolute Gasteiger partial charge is 0.389 e. The van der Waals surface area contributed by atoms with Crippen molar-refractivity contribution in [2.75, 3.05) is 0 Å². The molecule has 0 amide bonds. The first kappa shape index (κ1) is 15.3. The summed E-state index contributed by atoms with van der Waals surface area (Å²) in [6.45, 7) is 0. The Kier molecular flexibility index (Phi) is 5.02. The molecule has 0 spiro atoms. The summed E-state index contributed by atoms with van der Waals surface area (Å²) in [4.78, 5) is 0. The second kappa shape index (κ2) is 7.57. The van der Waals surface area contributed by atoms with Gasteiger partial charge >= 0.3 is 0 Å². The number of hydrogen-bond donors (Lipinski definition) is 1. The smallest absolute Gasteiger partial charge is 0.0764 e. The fourth-order valence-electron chi connectivity index (χ4n) is 2.60. The molecule has 114 valence electrons. The molecule has 0 radical (unpaired) electrons. The number of rotatable bonds is 5. The van der Waals surface area contributed by atoms with Gasteiger partial charge in [0, 0.05) is 6.42 Å². The first-order valence-electron chi connectivity index (χ1n) is 7.87. The van der Waals surface area contributed by atoms with Crippen molar-refractivity contribution in [3.8, 4) is 11.1 Å². The third kappa shape index (κ3) is 4.41. The van der Waals surface area contributed by atoms with Crippen molar-refractivity contribution in [2.24, 2.45) is 0 Å². The van der Waals surface area contributed by atoms with Gasteiger partial charge in [0.1, 0.15) is 0 Å². The lowest BCUT2D eigenvalue weighted by Crippen LogP contribution is -2.06. The average Bonchev–Trinajstić information content (AvgIpc) is 2.62. The molecule has 0 aliphatic rings. The lowest BCUT2D eigenvalue weighted by Gasteiger charge is -2.08. The zero-order chi connectivity index (χ0) is 15.9. The molecule has 0 saturated heterocycles. The van der Waals surface area contributed by atoms with Gasteiger partial charge in [-0.3, -0.25) is 0 Å². The van der Waals surface area contributed by atoms with Gasteiger partial charge in [-0.05, 0) is 22.3 Å². The summed E-state index contributed by atoms with van der Waals surface area (Å²) < 4.78 is 0. The minimum Gasteiger partial charge on any atom is -0.389 e. The average molecular weight is 300 g/mol. The van der Waals surface area contributed by atoms with E-state index in [0.717, 1.165) is 11.1 Å². The number of aliphatic hydroxyl groups is 1. The molecule has 3 aromatic rings. The van der Waals surface area contributed by atoms with E-state index in [1.165, 1.54) is 11.1 Å². The Morgan fingerprint density at radius 1 is 0.739 bits per heavy atom. The second-order valence-electron chi connectivity index (χ2n) is 5.61. The summed E-state index contributed by atoms with van der Waals surface area (Å²) in [5.74, 6) is 0. The maximum absolute atomic E-state index is 10.2. The van der Waals surface area contributed by atoms with Crippen LogP contribution in [0.25, 0.3) is 17.2 Å². The monoisotopic (exact) mass is 300 g/mol. The SMILES string of the molecule is OC(/C=C/c1ccccc1)Cc1cccc(-c2ccccc2)c1. The van der Waals surface area contributed by atoms with Crippen LogP contribution in [0.1, 0.15) is 11.1 Å². The van der Waals surface area contributed by atoms with Crippen LogP contribution in [0.5, 0.6) is 0 Å². The molecule has 0 aliphatic heterocycles. The van der Waals surface area contributed by atoms with Crippen molar-refractivity contribution in [2.45, 2.75) is 12.5 Å². The summed E-state index contributed by atoms with van der Waals surface area (Å²) in [6, 6.07) is 28.7. The Morgan fingerprint density at radius 2 is 1.39 bits per heavy atom. The minimum atomic E-state index is -0.485. The Labute approximate surface area is 137 Å². The third-order valence-corrected chi connectivity index (χ3v) is 3.79. The van der Waals surface area contributed by atoms with Crippen LogP contribution < -0.4 is 0 Å². The van der Waals surface area contributed by atoms with Crippen molar-refractivity contribution in [3.05, 3.63) is 102 Å². The van der Waals surface area contributed by atoms with Gasteiger partial charge in [0.2, 0.25) is 0 Å².